The number of hydrogen-bond donors (Lipinski definition) is 3. The molecule has 1 unspecified atom stereocenters. The Morgan fingerprint density at radius 1 is 1.07 bits per heavy atom. The zero-order valence-corrected chi connectivity index (χ0v) is 27.2. The molecule has 0 saturated heterocycles. The van der Waals surface area contributed by atoms with Crippen molar-refractivity contribution in [2.75, 3.05) is 12.9 Å². The van der Waals surface area contributed by atoms with Gasteiger partial charge in [-0.2, -0.15) is 0 Å². The monoisotopic (exact) mass is 653 g/mol. The van der Waals surface area contributed by atoms with Crippen LogP contribution in [0, 0.1) is 0 Å². The van der Waals surface area contributed by atoms with E-state index >= 15 is 0 Å². The van der Waals surface area contributed by atoms with Crippen molar-refractivity contribution in [3.05, 3.63) is 83.4 Å². The van der Waals surface area contributed by atoms with Crippen LogP contribution in [0.3, 0.4) is 0 Å². The Bertz CT molecular complexity index is 1670. The number of imidazole rings is 1. The lowest BCUT2D eigenvalue weighted by atomic mass is 9.97. The van der Waals surface area contributed by atoms with Gasteiger partial charge < -0.3 is 30.0 Å². The third-order valence-corrected chi connectivity index (χ3v) is 9.17. The second-order valence-corrected chi connectivity index (χ2v) is 14.0. The van der Waals surface area contributed by atoms with Crippen LogP contribution in [0.4, 0.5) is 4.79 Å². The van der Waals surface area contributed by atoms with Crippen LogP contribution in [0.2, 0.25) is 0 Å². The van der Waals surface area contributed by atoms with Crippen molar-refractivity contribution >= 4 is 33.7 Å². The second kappa shape index (κ2) is 14.1. The summed E-state index contributed by atoms with van der Waals surface area (Å²) in [5.41, 5.74) is 1.48. The number of aromatic amines is 1. The molecular formula is C32H39N5O8S. The Morgan fingerprint density at radius 2 is 1.78 bits per heavy atom. The van der Waals surface area contributed by atoms with Crippen LogP contribution in [0.5, 0.6) is 0 Å². The first-order valence-corrected chi connectivity index (χ1v) is 16.3. The first-order valence-electron chi connectivity index (χ1n) is 14.7. The molecule has 3 atom stereocenters. The summed E-state index contributed by atoms with van der Waals surface area (Å²) in [5, 5.41) is 5.38. The van der Waals surface area contributed by atoms with E-state index in [4.69, 9.17) is 9.47 Å². The SMILES string of the molecule is COC(=O)[C@H](Cc1cnc[nH]1)NC(=O)[C@H](Cc1ccccc1)N(C(C)=O)C1CS(=O)(=O)c2ccc(CNC(=O)OC(C)(C)C)cc21. The molecule has 0 aliphatic carbocycles. The fraction of sp³-hybridized carbons (Fsp3) is 0.406. The number of benzene rings is 2. The van der Waals surface area contributed by atoms with E-state index in [2.05, 4.69) is 20.6 Å². The van der Waals surface area contributed by atoms with E-state index in [1.54, 1.807) is 57.2 Å². The number of alkyl carbamates (subject to hydrolysis) is 1. The number of methoxy groups -OCH3 is 1. The van der Waals surface area contributed by atoms with Gasteiger partial charge in [-0.1, -0.05) is 42.5 Å². The number of fused-ring (bicyclic) bond motifs is 1. The van der Waals surface area contributed by atoms with Gasteiger partial charge in [0.1, 0.15) is 17.7 Å². The Labute approximate surface area is 268 Å². The van der Waals surface area contributed by atoms with Crippen molar-refractivity contribution in [3.63, 3.8) is 0 Å². The van der Waals surface area contributed by atoms with E-state index in [-0.39, 0.29) is 24.3 Å². The number of esters is 1. The minimum absolute atomic E-state index is 0.0373. The average molecular weight is 654 g/mol. The summed E-state index contributed by atoms with van der Waals surface area (Å²) in [6.45, 7) is 6.52. The highest BCUT2D eigenvalue weighted by molar-refractivity contribution is 7.91. The van der Waals surface area contributed by atoms with Crippen LogP contribution in [0.1, 0.15) is 56.1 Å². The summed E-state index contributed by atoms with van der Waals surface area (Å²) in [6.07, 6.45) is 2.40. The predicted octanol–water partition coefficient (Wildman–Crippen LogP) is 2.62. The maximum atomic E-state index is 14.1. The predicted molar refractivity (Wildman–Crippen MR) is 167 cm³/mol. The summed E-state index contributed by atoms with van der Waals surface area (Å²) in [6, 6.07) is 10.3. The Balaban J connectivity index is 1.70. The summed E-state index contributed by atoms with van der Waals surface area (Å²) in [5.74, 6) is -2.35. The minimum atomic E-state index is -3.83. The third-order valence-electron chi connectivity index (χ3n) is 7.37. The van der Waals surface area contributed by atoms with Crippen LogP contribution in [0.15, 0.2) is 66.0 Å². The maximum absolute atomic E-state index is 14.1. The fourth-order valence-corrected chi connectivity index (χ4v) is 7.15. The number of H-pyrrole nitrogens is 1. The first kappa shape index (κ1) is 34.2. The van der Waals surface area contributed by atoms with E-state index < -0.39 is 63.2 Å². The Kier molecular flexibility index (Phi) is 10.5. The molecule has 14 heteroatoms. The van der Waals surface area contributed by atoms with E-state index in [1.165, 1.54) is 37.5 Å². The number of carbonyl (C=O) groups excluding carboxylic acids is 4. The van der Waals surface area contributed by atoms with Gasteiger partial charge in [-0.3, -0.25) is 9.59 Å². The van der Waals surface area contributed by atoms with Gasteiger partial charge in [0.2, 0.25) is 11.8 Å². The molecule has 4 rings (SSSR count). The van der Waals surface area contributed by atoms with Crippen molar-refractivity contribution in [2.45, 2.75) is 75.7 Å². The van der Waals surface area contributed by atoms with Gasteiger partial charge in [-0.05, 0) is 43.5 Å². The Hall–Kier alpha value is -4.72. The van der Waals surface area contributed by atoms with Crippen molar-refractivity contribution in [3.8, 4) is 0 Å². The minimum Gasteiger partial charge on any atom is -0.467 e. The molecule has 0 fully saturated rings. The van der Waals surface area contributed by atoms with Gasteiger partial charge >= 0.3 is 12.1 Å². The summed E-state index contributed by atoms with van der Waals surface area (Å²) in [7, 11) is -2.63. The lowest BCUT2D eigenvalue weighted by Gasteiger charge is -2.36. The molecule has 3 amide bonds. The topological polar surface area (TPSA) is 177 Å². The number of hydrogen-bond acceptors (Lipinski definition) is 9. The van der Waals surface area contributed by atoms with Crippen LogP contribution >= 0.6 is 0 Å². The number of rotatable bonds is 11. The normalized spacial score (nSPS) is 16.4. The smallest absolute Gasteiger partial charge is 0.407 e. The highest BCUT2D eigenvalue weighted by Gasteiger charge is 2.44. The summed E-state index contributed by atoms with van der Waals surface area (Å²) >= 11 is 0. The molecule has 46 heavy (non-hydrogen) atoms. The van der Waals surface area contributed by atoms with Crippen LogP contribution in [-0.4, -0.2) is 77.7 Å². The van der Waals surface area contributed by atoms with E-state index in [0.717, 1.165) is 0 Å². The lowest BCUT2D eigenvalue weighted by molar-refractivity contribution is -0.147. The highest BCUT2D eigenvalue weighted by Crippen LogP contribution is 2.39. The number of amides is 3. The molecule has 1 aliphatic heterocycles. The van der Waals surface area contributed by atoms with Gasteiger partial charge in [-0.15, -0.1) is 0 Å². The lowest BCUT2D eigenvalue weighted by Crippen LogP contribution is -2.55. The van der Waals surface area contributed by atoms with Crippen molar-refractivity contribution in [1.82, 2.24) is 25.5 Å². The molecule has 13 nitrogen and oxygen atoms in total. The number of nitrogens with one attached hydrogen (secondary N) is 3. The zero-order valence-electron chi connectivity index (χ0n) is 26.4. The number of ether oxygens (including phenoxy) is 2. The van der Waals surface area contributed by atoms with E-state index in [0.29, 0.717) is 22.4 Å². The van der Waals surface area contributed by atoms with Gasteiger partial charge in [0.15, 0.2) is 9.84 Å². The standard InChI is InChI=1S/C32H39N5O8S/c1-20(38)37(27-18-46(42,43)28-12-11-22(13-24(27)28)16-34-31(41)45-32(2,3)4)26(14-21-9-7-6-8-10-21)29(39)36-25(30(40)44-5)15-23-17-33-19-35-23/h6-13,17,19,25-27H,14-16,18H2,1-5H3,(H,33,35)(H,34,41)(H,36,39)/t25-,26-,27?/m0/s1. The molecular weight excluding hydrogens is 614 g/mol. The summed E-state index contributed by atoms with van der Waals surface area (Å²) < 4.78 is 37.0. The molecule has 1 aromatic heterocycles. The molecule has 2 aromatic carbocycles. The number of carbonyl (C=O) groups is 4. The molecule has 2 heterocycles. The quantitative estimate of drug-likeness (QED) is 0.263. The third kappa shape index (κ3) is 8.50. The number of sulfone groups is 1. The van der Waals surface area contributed by atoms with Crippen molar-refractivity contribution in [2.24, 2.45) is 0 Å². The molecule has 0 saturated carbocycles. The van der Waals surface area contributed by atoms with Gasteiger partial charge in [0.05, 0.1) is 30.1 Å². The largest absolute Gasteiger partial charge is 0.467 e. The molecule has 246 valence electrons. The van der Waals surface area contributed by atoms with Crippen LogP contribution in [-0.2, 0) is 53.1 Å². The maximum Gasteiger partial charge on any atom is 0.407 e. The molecule has 1 aliphatic rings. The zero-order chi connectivity index (χ0) is 33.6. The molecule has 0 bridgehead atoms. The van der Waals surface area contributed by atoms with Gasteiger partial charge in [0, 0.05) is 38.2 Å². The number of nitrogens with zero attached hydrogens (tertiary/aromatic N) is 2. The second-order valence-electron chi connectivity index (χ2n) is 12.0. The first-order chi connectivity index (χ1) is 21.7. The molecule has 3 aromatic rings. The van der Waals surface area contributed by atoms with E-state index in [9.17, 15) is 27.6 Å². The van der Waals surface area contributed by atoms with Crippen molar-refractivity contribution < 1.29 is 37.1 Å². The van der Waals surface area contributed by atoms with Crippen molar-refractivity contribution in [1.29, 1.82) is 0 Å². The van der Waals surface area contributed by atoms with Crippen LogP contribution in [0.25, 0.3) is 0 Å². The molecule has 0 spiro atoms. The average Bonchev–Trinajstić information content (AvgIpc) is 3.59. The number of aromatic nitrogens is 2. The highest BCUT2D eigenvalue weighted by atomic mass is 32.2. The van der Waals surface area contributed by atoms with Gasteiger partial charge in [0.25, 0.3) is 0 Å². The molecule has 3 N–H and O–H groups in total. The van der Waals surface area contributed by atoms with Crippen LogP contribution < -0.4 is 10.6 Å². The van der Waals surface area contributed by atoms with E-state index in [1.807, 2.05) is 6.07 Å². The van der Waals surface area contributed by atoms with Gasteiger partial charge in [-0.25, -0.2) is 23.0 Å². The molecule has 0 radical (unpaired) electrons. The Morgan fingerprint density at radius 3 is 2.39 bits per heavy atom. The summed E-state index contributed by atoms with van der Waals surface area (Å²) in [4.78, 5) is 60.6. The fourth-order valence-electron chi connectivity index (χ4n) is 5.39.